The number of hydrogen-bond donors (Lipinski definition) is 1. The van der Waals surface area contributed by atoms with Gasteiger partial charge in [0.25, 0.3) is 0 Å². The SMILES string of the molecule is CO[C@H]1O[C@@H]2CO[C@@H](c3ccccc3)O[C@H]2[C@H](OC)[C@@H]1O. The molecule has 0 spiro atoms. The second-order valence-electron chi connectivity index (χ2n) is 5.15. The highest BCUT2D eigenvalue weighted by Crippen LogP contribution is 2.35. The Morgan fingerprint density at radius 3 is 2.52 bits per heavy atom. The minimum atomic E-state index is -0.907. The van der Waals surface area contributed by atoms with Gasteiger partial charge in [0.15, 0.2) is 12.6 Å². The number of methoxy groups -OCH3 is 2. The molecule has 0 bridgehead atoms. The molecule has 2 aliphatic heterocycles. The summed E-state index contributed by atoms with van der Waals surface area (Å²) in [5.74, 6) is 0. The van der Waals surface area contributed by atoms with E-state index in [1.807, 2.05) is 30.3 Å². The zero-order valence-corrected chi connectivity index (χ0v) is 12.0. The minimum Gasteiger partial charge on any atom is -0.385 e. The van der Waals surface area contributed by atoms with Crippen LogP contribution in [0.1, 0.15) is 11.9 Å². The number of fused-ring (bicyclic) bond motifs is 1. The summed E-state index contributed by atoms with van der Waals surface area (Å²) in [7, 11) is 3.03. The number of hydrogen-bond acceptors (Lipinski definition) is 6. The van der Waals surface area contributed by atoms with Crippen molar-refractivity contribution in [1.82, 2.24) is 0 Å². The Labute approximate surface area is 123 Å². The smallest absolute Gasteiger partial charge is 0.186 e. The molecule has 2 heterocycles. The fraction of sp³-hybridized carbons (Fsp3) is 0.600. The lowest BCUT2D eigenvalue weighted by molar-refractivity contribution is -0.360. The molecule has 6 nitrogen and oxygen atoms in total. The van der Waals surface area contributed by atoms with Crippen LogP contribution in [0.25, 0.3) is 0 Å². The van der Waals surface area contributed by atoms with Crippen molar-refractivity contribution in [2.45, 2.75) is 37.0 Å². The number of ether oxygens (including phenoxy) is 5. The molecular weight excluding hydrogens is 276 g/mol. The lowest BCUT2D eigenvalue weighted by atomic mass is 9.97. The van der Waals surface area contributed by atoms with Crippen LogP contribution in [0, 0.1) is 0 Å². The molecule has 3 rings (SSSR count). The van der Waals surface area contributed by atoms with Crippen LogP contribution in [0.5, 0.6) is 0 Å². The average molecular weight is 296 g/mol. The highest BCUT2D eigenvalue weighted by molar-refractivity contribution is 5.16. The van der Waals surface area contributed by atoms with Crippen molar-refractivity contribution in [2.24, 2.45) is 0 Å². The first-order valence-corrected chi connectivity index (χ1v) is 6.95. The summed E-state index contributed by atoms with van der Waals surface area (Å²) in [6.07, 6.45) is -3.39. The quantitative estimate of drug-likeness (QED) is 0.892. The Balaban J connectivity index is 1.77. The van der Waals surface area contributed by atoms with E-state index in [4.69, 9.17) is 23.7 Å². The van der Waals surface area contributed by atoms with Gasteiger partial charge in [-0.05, 0) is 0 Å². The molecule has 116 valence electrons. The normalized spacial score (nSPS) is 39.8. The Bertz CT molecular complexity index is 453. The van der Waals surface area contributed by atoms with Crippen molar-refractivity contribution in [3.05, 3.63) is 35.9 Å². The highest BCUT2D eigenvalue weighted by Gasteiger charge is 2.49. The molecule has 2 saturated heterocycles. The van der Waals surface area contributed by atoms with Crippen LogP contribution in [0.2, 0.25) is 0 Å². The molecule has 0 aromatic heterocycles. The number of aliphatic hydroxyl groups excluding tert-OH is 1. The van der Waals surface area contributed by atoms with Gasteiger partial charge in [0, 0.05) is 19.8 Å². The summed E-state index contributed by atoms with van der Waals surface area (Å²) in [6, 6.07) is 9.66. The first kappa shape index (κ1) is 14.9. The van der Waals surface area contributed by atoms with Crippen LogP contribution in [0.15, 0.2) is 30.3 Å². The second-order valence-corrected chi connectivity index (χ2v) is 5.15. The molecule has 1 aromatic rings. The van der Waals surface area contributed by atoms with Gasteiger partial charge in [0.2, 0.25) is 0 Å². The topological polar surface area (TPSA) is 66.4 Å². The summed E-state index contributed by atoms with van der Waals surface area (Å²) >= 11 is 0. The molecule has 6 atom stereocenters. The maximum absolute atomic E-state index is 10.2. The van der Waals surface area contributed by atoms with Gasteiger partial charge < -0.3 is 28.8 Å². The molecule has 1 N–H and O–H groups in total. The van der Waals surface area contributed by atoms with Gasteiger partial charge in [0.1, 0.15) is 24.4 Å². The molecular formula is C15H20O6. The minimum absolute atomic E-state index is 0.330. The summed E-state index contributed by atoms with van der Waals surface area (Å²) in [5.41, 5.74) is 0.925. The van der Waals surface area contributed by atoms with Gasteiger partial charge in [-0.2, -0.15) is 0 Å². The van der Waals surface area contributed by atoms with E-state index in [0.29, 0.717) is 6.61 Å². The van der Waals surface area contributed by atoms with Gasteiger partial charge >= 0.3 is 0 Å². The van der Waals surface area contributed by atoms with Gasteiger partial charge in [-0.15, -0.1) is 0 Å². The second kappa shape index (κ2) is 6.39. The van der Waals surface area contributed by atoms with Gasteiger partial charge in [0.05, 0.1) is 6.61 Å². The Kier molecular flexibility index (Phi) is 4.54. The number of rotatable bonds is 3. The summed E-state index contributed by atoms with van der Waals surface area (Å²) in [5, 5.41) is 10.2. The third-order valence-corrected chi connectivity index (χ3v) is 3.88. The molecule has 6 heteroatoms. The zero-order valence-electron chi connectivity index (χ0n) is 12.0. The van der Waals surface area contributed by atoms with E-state index < -0.39 is 30.9 Å². The highest BCUT2D eigenvalue weighted by atomic mass is 16.8. The zero-order chi connectivity index (χ0) is 14.8. The summed E-state index contributed by atoms with van der Waals surface area (Å²) in [6.45, 7) is 0.358. The first-order valence-electron chi connectivity index (χ1n) is 6.95. The predicted molar refractivity (Wildman–Crippen MR) is 72.5 cm³/mol. The van der Waals surface area contributed by atoms with Crippen LogP contribution >= 0.6 is 0 Å². The Hall–Kier alpha value is -1.02. The fourth-order valence-electron chi connectivity index (χ4n) is 2.81. The van der Waals surface area contributed by atoms with E-state index in [1.165, 1.54) is 7.11 Å². The number of benzene rings is 1. The largest absolute Gasteiger partial charge is 0.385 e. The van der Waals surface area contributed by atoms with Gasteiger partial charge in [-0.3, -0.25) is 0 Å². The summed E-state index contributed by atoms with van der Waals surface area (Å²) < 4.78 is 27.9. The van der Waals surface area contributed by atoms with Crippen LogP contribution < -0.4 is 0 Å². The third kappa shape index (κ3) is 2.83. The van der Waals surface area contributed by atoms with Gasteiger partial charge in [-0.25, -0.2) is 0 Å². The van der Waals surface area contributed by atoms with Crippen LogP contribution in [0.4, 0.5) is 0 Å². The molecule has 21 heavy (non-hydrogen) atoms. The molecule has 0 aliphatic carbocycles. The van der Waals surface area contributed by atoms with Crippen molar-refractivity contribution < 1.29 is 28.8 Å². The monoisotopic (exact) mass is 296 g/mol. The van der Waals surface area contributed by atoms with E-state index in [0.717, 1.165) is 5.56 Å². The Morgan fingerprint density at radius 2 is 1.86 bits per heavy atom. The third-order valence-electron chi connectivity index (χ3n) is 3.88. The van der Waals surface area contributed by atoms with Gasteiger partial charge in [-0.1, -0.05) is 30.3 Å². The Morgan fingerprint density at radius 1 is 1.10 bits per heavy atom. The fourth-order valence-corrected chi connectivity index (χ4v) is 2.81. The maximum Gasteiger partial charge on any atom is 0.186 e. The van der Waals surface area contributed by atoms with Crippen LogP contribution in [-0.4, -0.2) is 56.6 Å². The lowest BCUT2D eigenvalue weighted by Gasteiger charge is -2.47. The van der Waals surface area contributed by atoms with E-state index in [-0.39, 0.29) is 6.10 Å². The van der Waals surface area contributed by atoms with E-state index >= 15 is 0 Å². The first-order chi connectivity index (χ1) is 10.2. The van der Waals surface area contributed by atoms with E-state index in [2.05, 4.69) is 0 Å². The molecule has 0 saturated carbocycles. The van der Waals surface area contributed by atoms with Crippen LogP contribution in [-0.2, 0) is 23.7 Å². The predicted octanol–water partition coefficient (Wildman–Crippen LogP) is 0.848. The van der Waals surface area contributed by atoms with Crippen molar-refractivity contribution in [2.75, 3.05) is 20.8 Å². The van der Waals surface area contributed by atoms with Crippen molar-refractivity contribution in [3.8, 4) is 0 Å². The number of aliphatic hydroxyl groups is 1. The van der Waals surface area contributed by atoms with E-state index in [1.54, 1.807) is 7.11 Å². The molecule has 0 unspecified atom stereocenters. The molecule has 2 aliphatic rings. The van der Waals surface area contributed by atoms with Crippen molar-refractivity contribution >= 4 is 0 Å². The average Bonchev–Trinajstić information content (AvgIpc) is 2.54. The van der Waals surface area contributed by atoms with Crippen molar-refractivity contribution in [3.63, 3.8) is 0 Å². The van der Waals surface area contributed by atoms with Crippen LogP contribution in [0.3, 0.4) is 0 Å². The molecule has 1 aromatic carbocycles. The lowest BCUT2D eigenvalue weighted by Crippen LogP contribution is -2.62. The maximum atomic E-state index is 10.2. The standard InChI is InChI=1S/C15H20O6/c1-17-13-11(16)15(18-2)20-10-8-19-14(21-12(10)13)9-6-4-3-5-7-9/h3-7,10-16H,8H2,1-2H3/t10-,11+,12-,13-,14-,15+/m1/s1. The molecule has 2 fully saturated rings. The molecule has 0 radical (unpaired) electrons. The van der Waals surface area contributed by atoms with Crippen molar-refractivity contribution in [1.29, 1.82) is 0 Å². The summed E-state index contributed by atoms with van der Waals surface area (Å²) in [4.78, 5) is 0. The van der Waals surface area contributed by atoms with E-state index in [9.17, 15) is 5.11 Å². The molecule has 0 amide bonds.